The minimum absolute atomic E-state index is 0.0249. The number of hydrogen-bond acceptors (Lipinski definition) is 2. The number of carbonyl (C=O) groups is 1. The molecule has 0 aliphatic heterocycles. The summed E-state index contributed by atoms with van der Waals surface area (Å²) in [7, 11) is 0. The van der Waals surface area contributed by atoms with Crippen molar-refractivity contribution in [3.8, 4) is 11.5 Å². The van der Waals surface area contributed by atoms with E-state index >= 15 is 0 Å². The fourth-order valence-electron chi connectivity index (χ4n) is 1.34. The monoisotopic (exact) mass is 284 g/mol. The number of benzene rings is 2. The number of aldehydes is 1. The number of carbonyl (C=O) groups excluding carboxylic acids is 1. The molecule has 0 aromatic heterocycles. The quantitative estimate of drug-likeness (QED) is 0.761. The Morgan fingerprint density at radius 2 is 1.61 bits per heavy atom. The van der Waals surface area contributed by atoms with E-state index in [0.29, 0.717) is 23.3 Å². The highest BCUT2D eigenvalue weighted by Gasteiger charge is 2.05. The highest BCUT2D eigenvalue weighted by molar-refractivity contribution is 6.33. The highest BCUT2D eigenvalue weighted by atomic mass is 35.5. The van der Waals surface area contributed by atoms with Crippen LogP contribution in [0.15, 0.2) is 36.4 Å². The first-order valence-electron chi connectivity index (χ1n) is 4.98. The van der Waals surface area contributed by atoms with Gasteiger partial charge < -0.3 is 4.74 Å². The molecule has 0 fully saturated rings. The van der Waals surface area contributed by atoms with Crippen molar-refractivity contribution >= 4 is 29.5 Å². The zero-order valence-corrected chi connectivity index (χ0v) is 10.5. The molecule has 0 atom stereocenters. The molecule has 5 heteroatoms. The minimum Gasteiger partial charge on any atom is -0.457 e. The Bertz CT molecular complexity index is 600. The summed E-state index contributed by atoms with van der Waals surface area (Å²) in [5.74, 6) is 0.308. The summed E-state index contributed by atoms with van der Waals surface area (Å²) in [6.45, 7) is 0. The summed E-state index contributed by atoms with van der Waals surface area (Å²) in [5, 5.41) is 0.263. The number of hydrogen-bond donors (Lipinski definition) is 0. The smallest absolute Gasteiger partial charge is 0.151 e. The van der Waals surface area contributed by atoms with E-state index in [1.54, 1.807) is 6.07 Å². The van der Waals surface area contributed by atoms with Crippen molar-refractivity contribution in [1.29, 1.82) is 0 Å². The van der Waals surface area contributed by atoms with Gasteiger partial charge in [0.05, 0.1) is 10.0 Å². The molecule has 0 saturated carbocycles. The van der Waals surface area contributed by atoms with Crippen LogP contribution in [-0.4, -0.2) is 6.29 Å². The van der Waals surface area contributed by atoms with Gasteiger partial charge in [-0.3, -0.25) is 4.79 Å². The number of rotatable bonds is 3. The predicted molar refractivity (Wildman–Crippen MR) is 68.3 cm³/mol. The SMILES string of the molecule is O=Cc1ccc(Oc2ccc(F)c(Cl)c2)cc1Cl. The standard InChI is InChI=1S/C13H7Cl2FO2/c14-11-5-9(2-1-8(11)7-17)18-10-3-4-13(16)12(15)6-10/h1-7H. The van der Waals surface area contributed by atoms with Gasteiger partial charge in [0.25, 0.3) is 0 Å². The lowest BCUT2D eigenvalue weighted by atomic mass is 10.2. The van der Waals surface area contributed by atoms with Crippen molar-refractivity contribution in [1.82, 2.24) is 0 Å². The number of halogens is 3. The predicted octanol–water partition coefficient (Wildman–Crippen LogP) is 4.74. The molecule has 0 aliphatic rings. The van der Waals surface area contributed by atoms with Gasteiger partial charge in [-0.05, 0) is 24.3 Å². The molecule has 0 spiro atoms. The lowest BCUT2D eigenvalue weighted by Gasteiger charge is -2.07. The Morgan fingerprint density at radius 1 is 1.00 bits per heavy atom. The maximum atomic E-state index is 13.0. The second-order valence-corrected chi connectivity index (χ2v) is 4.29. The molecule has 0 aliphatic carbocycles. The minimum atomic E-state index is -0.515. The summed E-state index contributed by atoms with van der Waals surface area (Å²) in [6, 6.07) is 8.64. The Kier molecular flexibility index (Phi) is 3.84. The Labute approximate surface area is 113 Å². The third kappa shape index (κ3) is 2.81. The van der Waals surface area contributed by atoms with Crippen LogP contribution < -0.4 is 4.74 Å². The van der Waals surface area contributed by atoms with E-state index in [2.05, 4.69) is 0 Å². The van der Waals surface area contributed by atoms with Crippen LogP contribution in [0.2, 0.25) is 10.0 Å². The van der Waals surface area contributed by atoms with Gasteiger partial charge in [0.15, 0.2) is 6.29 Å². The third-order valence-corrected chi connectivity index (χ3v) is 2.84. The topological polar surface area (TPSA) is 26.3 Å². The van der Waals surface area contributed by atoms with Crippen LogP contribution in [0.5, 0.6) is 11.5 Å². The van der Waals surface area contributed by atoms with Crippen LogP contribution in [0.4, 0.5) is 4.39 Å². The van der Waals surface area contributed by atoms with E-state index in [1.807, 2.05) is 0 Å². The Morgan fingerprint density at radius 3 is 2.17 bits per heavy atom. The molecule has 2 rings (SSSR count). The molecule has 2 aromatic rings. The van der Waals surface area contributed by atoms with E-state index < -0.39 is 5.82 Å². The molecule has 92 valence electrons. The van der Waals surface area contributed by atoms with Crippen LogP contribution >= 0.6 is 23.2 Å². The van der Waals surface area contributed by atoms with Gasteiger partial charge >= 0.3 is 0 Å². The Balaban J connectivity index is 2.25. The first-order chi connectivity index (χ1) is 8.60. The van der Waals surface area contributed by atoms with E-state index in [-0.39, 0.29) is 10.0 Å². The molecule has 0 N–H and O–H groups in total. The van der Waals surface area contributed by atoms with E-state index in [4.69, 9.17) is 27.9 Å². The molecule has 2 nitrogen and oxygen atoms in total. The van der Waals surface area contributed by atoms with Gasteiger partial charge in [-0.25, -0.2) is 4.39 Å². The molecular formula is C13H7Cl2FO2. The second-order valence-electron chi connectivity index (χ2n) is 3.48. The molecule has 0 amide bonds. The van der Waals surface area contributed by atoms with Gasteiger partial charge in [0.2, 0.25) is 0 Å². The second kappa shape index (κ2) is 5.38. The van der Waals surface area contributed by atoms with Gasteiger partial charge in [0, 0.05) is 17.7 Å². The van der Waals surface area contributed by atoms with Gasteiger partial charge in [-0.15, -0.1) is 0 Å². The molecule has 0 saturated heterocycles. The zero-order valence-electron chi connectivity index (χ0n) is 8.99. The molecular weight excluding hydrogens is 278 g/mol. The molecule has 0 bridgehead atoms. The van der Waals surface area contributed by atoms with Crippen LogP contribution in [0.3, 0.4) is 0 Å². The number of ether oxygens (including phenoxy) is 1. The summed E-state index contributed by atoms with van der Waals surface area (Å²) < 4.78 is 18.4. The van der Waals surface area contributed by atoms with Crippen LogP contribution in [-0.2, 0) is 0 Å². The van der Waals surface area contributed by atoms with Crippen molar-refractivity contribution in [2.75, 3.05) is 0 Å². The summed E-state index contributed by atoms with van der Waals surface area (Å²) in [5.41, 5.74) is 0.376. The van der Waals surface area contributed by atoms with Crippen molar-refractivity contribution in [3.05, 3.63) is 57.8 Å². The fourth-order valence-corrected chi connectivity index (χ4v) is 1.73. The van der Waals surface area contributed by atoms with Gasteiger partial charge in [0.1, 0.15) is 17.3 Å². The third-order valence-electron chi connectivity index (χ3n) is 2.23. The van der Waals surface area contributed by atoms with Crippen LogP contribution in [0.1, 0.15) is 10.4 Å². The van der Waals surface area contributed by atoms with Crippen molar-refractivity contribution in [2.24, 2.45) is 0 Å². The van der Waals surface area contributed by atoms with E-state index in [1.165, 1.54) is 30.3 Å². The average molecular weight is 285 g/mol. The summed E-state index contributed by atoms with van der Waals surface area (Å²) in [4.78, 5) is 10.6. The zero-order chi connectivity index (χ0) is 13.1. The van der Waals surface area contributed by atoms with Crippen molar-refractivity contribution in [2.45, 2.75) is 0 Å². The maximum Gasteiger partial charge on any atom is 0.151 e. The van der Waals surface area contributed by atoms with Crippen molar-refractivity contribution in [3.63, 3.8) is 0 Å². The summed E-state index contributed by atoms with van der Waals surface area (Å²) >= 11 is 11.5. The lowest BCUT2D eigenvalue weighted by Crippen LogP contribution is -1.88. The largest absolute Gasteiger partial charge is 0.457 e. The van der Waals surface area contributed by atoms with E-state index in [0.717, 1.165) is 0 Å². The average Bonchev–Trinajstić information content (AvgIpc) is 2.34. The normalized spacial score (nSPS) is 10.2. The molecule has 0 heterocycles. The first kappa shape index (κ1) is 12.9. The molecule has 2 aromatic carbocycles. The fraction of sp³-hybridized carbons (Fsp3) is 0. The highest BCUT2D eigenvalue weighted by Crippen LogP contribution is 2.28. The molecule has 0 unspecified atom stereocenters. The van der Waals surface area contributed by atoms with Crippen LogP contribution in [0.25, 0.3) is 0 Å². The summed E-state index contributed by atoms with van der Waals surface area (Å²) in [6.07, 6.45) is 0.654. The Hall–Kier alpha value is -1.58. The lowest BCUT2D eigenvalue weighted by molar-refractivity contribution is 0.112. The van der Waals surface area contributed by atoms with Crippen molar-refractivity contribution < 1.29 is 13.9 Å². The van der Waals surface area contributed by atoms with Gasteiger partial charge in [-0.1, -0.05) is 23.2 Å². The van der Waals surface area contributed by atoms with Crippen LogP contribution in [0, 0.1) is 5.82 Å². The van der Waals surface area contributed by atoms with Gasteiger partial charge in [-0.2, -0.15) is 0 Å². The molecule has 0 radical (unpaired) electrons. The molecule has 18 heavy (non-hydrogen) atoms. The van der Waals surface area contributed by atoms with E-state index in [9.17, 15) is 9.18 Å². The first-order valence-corrected chi connectivity index (χ1v) is 5.73. The maximum absolute atomic E-state index is 13.0.